The Morgan fingerprint density at radius 3 is 2.37 bits per heavy atom. The van der Waals surface area contributed by atoms with E-state index in [1.807, 2.05) is 6.07 Å². The third-order valence-electron chi connectivity index (χ3n) is 4.22. The summed E-state index contributed by atoms with van der Waals surface area (Å²) in [6, 6.07) is 18.9. The zero-order chi connectivity index (χ0) is 18.6. The number of ether oxygens (including phenoxy) is 1. The van der Waals surface area contributed by atoms with Gasteiger partial charge in [-0.25, -0.2) is 0 Å². The SMILES string of the molecule is CN=C(NCc1ccc(NCCOC)cc1)NCC(C)c1ccccc1.I. The maximum atomic E-state index is 5.04. The normalized spacial score (nSPS) is 12.0. The summed E-state index contributed by atoms with van der Waals surface area (Å²) in [5.41, 5.74) is 3.64. The van der Waals surface area contributed by atoms with E-state index in [-0.39, 0.29) is 24.0 Å². The molecule has 0 radical (unpaired) electrons. The Balaban J connectivity index is 0.00000364. The first-order valence-electron chi connectivity index (χ1n) is 9.04. The van der Waals surface area contributed by atoms with E-state index in [0.29, 0.717) is 12.5 Å². The topological polar surface area (TPSA) is 57.7 Å². The highest BCUT2D eigenvalue weighted by Gasteiger charge is 2.06. The summed E-state index contributed by atoms with van der Waals surface area (Å²) >= 11 is 0. The predicted molar refractivity (Wildman–Crippen MR) is 125 cm³/mol. The molecule has 0 heterocycles. The molecule has 0 aliphatic heterocycles. The van der Waals surface area contributed by atoms with Crippen molar-refractivity contribution in [2.24, 2.45) is 4.99 Å². The summed E-state index contributed by atoms with van der Waals surface area (Å²) in [7, 11) is 3.50. The van der Waals surface area contributed by atoms with Crippen LogP contribution in [-0.4, -0.2) is 39.8 Å². The van der Waals surface area contributed by atoms with Crippen molar-refractivity contribution >= 4 is 35.6 Å². The third kappa shape index (κ3) is 8.62. The number of halogens is 1. The van der Waals surface area contributed by atoms with Gasteiger partial charge in [-0.1, -0.05) is 49.4 Å². The third-order valence-corrected chi connectivity index (χ3v) is 4.22. The van der Waals surface area contributed by atoms with Crippen LogP contribution < -0.4 is 16.0 Å². The van der Waals surface area contributed by atoms with Crippen LogP contribution >= 0.6 is 24.0 Å². The number of hydrogen-bond donors (Lipinski definition) is 3. The Morgan fingerprint density at radius 1 is 1.04 bits per heavy atom. The average molecular weight is 482 g/mol. The lowest BCUT2D eigenvalue weighted by Gasteiger charge is -2.16. The summed E-state index contributed by atoms with van der Waals surface area (Å²) in [4.78, 5) is 4.30. The zero-order valence-electron chi connectivity index (χ0n) is 16.4. The maximum Gasteiger partial charge on any atom is 0.191 e. The molecule has 0 aliphatic carbocycles. The van der Waals surface area contributed by atoms with Crippen molar-refractivity contribution in [2.45, 2.75) is 19.4 Å². The molecule has 0 saturated carbocycles. The number of aliphatic imine (C=N–C) groups is 1. The second kappa shape index (κ2) is 13.4. The van der Waals surface area contributed by atoms with Gasteiger partial charge in [0.1, 0.15) is 0 Å². The van der Waals surface area contributed by atoms with Crippen LogP contribution in [0.4, 0.5) is 5.69 Å². The first kappa shape index (κ1) is 23.2. The fourth-order valence-corrected chi connectivity index (χ4v) is 2.59. The smallest absolute Gasteiger partial charge is 0.191 e. The molecule has 0 saturated heterocycles. The number of nitrogens with zero attached hydrogens (tertiary/aromatic N) is 1. The number of hydrogen-bond acceptors (Lipinski definition) is 3. The van der Waals surface area contributed by atoms with Crippen LogP contribution in [0.3, 0.4) is 0 Å². The summed E-state index contributed by atoms with van der Waals surface area (Å²) in [5.74, 6) is 1.24. The molecular weight excluding hydrogens is 451 g/mol. The van der Waals surface area contributed by atoms with E-state index in [0.717, 1.165) is 31.3 Å². The number of benzene rings is 2. The van der Waals surface area contributed by atoms with Gasteiger partial charge in [-0.3, -0.25) is 4.99 Å². The number of methoxy groups -OCH3 is 1. The molecular formula is C21H31IN4O. The van der Waals surface area contributed by atoms with Crippen molar-refractivity contribution in [3.05, 3.63) is 65.7 Å². The second-order valence-electron chi connectivity index (χ2n) is 6.23. The van der Waals surface area contributed by atoms with Crippen molar-refractivity contribution in [1.29, 1.82) is 0 Å². The Kier molecular flexibility index (Phi) is 11.5. The lowest BCUT2D eigenvalue weighted by molar-refractivity contribution is 0.211. The van der Waals surface area contributed by atoms with Crippen LogP contribution in [0.25, 0.3) is 0 Å². The Labute approximate surface area is 180 Å². The first-order chi connectivity index (χ1) is 12.7. The average Bonchev–Trinajstić information content (AvgIpc) is 2.70. The quantitative estimate of drug-likeness (QED) is 0.220. The van der Waals surface area contributed by atoms with Crippen LogP contribution in [0.2, 0.25) is 0 Å². The molecule has 2 aromatic rings. The molecule has 148 valence electrons. The highest BCUT2D eigenvalue weighted by molar-refractivity contribution is 14.0. The molecule has 0 bridgehead atoms. The largest absolute Gasteiger partial charge is 0.383 e. The van der Waals surface area contributed by atoms with Crippen LogP contribution in [0, 0.1) is 0 Å². The molecule has 0 aromatic heterocycles. The summed E-state index contributed by atoms with van der Waals surface area (Å²) in [5, 5.41) is 10.1. The molecule has 0 amide bonds. The highest BCUT2D eigenvalue weighted by Crippen LogP contribution is 2.13. The molecule has 0 fully saturated rings. The summed E-state index contributed by atoms with van der Waals surface area (Å²) in [6.45, 7) is 5.30. The minimum atomic E-state index is 0. The molecule has 0 spiro atoms. The minimum absolute atomic E-state index is 0. The molecule has 5 nitrogen and oxygen atoms in total. The van der Waals surface area contributed by atoms with Gasteiger partial charge in [0.15, 0.2) is 5.96 Å². The van der Waals surface area contributed by atoms with E-state index in [1.54, 1.807) is 14.2 Å². The lowest BCUT2D eigenvalue weighted by Crippen LogP contribution is -2.38. The van der Waals surface area contributed by atoms with Gasteiger partial charge >= 0.3 is 0 Å². The molecule has 2 rings (SSSR count). The highest BCUT2D eigenvalue weighted by atomic mass is 127. The van der Waals surface area contributed by atoms with Crippen LogP contribution in [0.5, 0.6) is 0 Å². The van der Waals surface area contributed by atoms with Gasteiger partial charge in [0.25, 0.3) is 0 Å². The molecule has 2 aromatic carbocycles. The van der Waals surface area contributed by atoms with Crippen molar-refractivity contribution in [3.63, 3.8) is 0 Å². The minimum Gasteiger partial charge on any atom is -0.383 e. The van der Waals surface area contributed by atoms with Crippen molar-refractivity contribution in [3.8, 4) is 0 Å². The number of anilines is 1. The van der Waals surface area contributed by atoms with Crippen LogP contribution in [0.15, 0.2) is 59.6 Å². The summed E-state index contributed by atoms with van der Waals surface area (Å²) in [6.07, 6.45) is 0. The standard InChI is InChI=1S/C21H30N4O.HI/c1-17(19-7-5-4-6-8-19)15-24-21(22-2)25-16-18-9-11-20(12-10-18)23-13-14-26-3;/h4-12,17,23H,13-16H2,1-3H3,(H2,22,24,25);1H. The summed E-state index contributed by atoms with van der Waals surface area (Å²) < 4.78 is 5.04. The molecule has 6 heteroatoms. The monoisotopic (exact) mass is 482 g/mol. The van der Waals surface area contributed by atoms with Crippen LogP contribution in [0.1, 0.15) is 24.0 Å². The van der Waals surface area contributed by atoms with Crippen molar-refractivity contribution < 1.29 is 4.74 Å². The fourth-order valence-electron chi connectivity index (χ4n) is 2.59. The van der Waals surface area contributed by atoms with Gasteiger partial charge in [0.2, 0.25) is 0 Å². The Bertz CT molecular complexity index is 662. The molecule has 1 unspecified atom stereocenters. The van der Waals surface area contributed by atoms with Gasteiger partial charge in [-0.15, -0.1) is 24.0 Å². The van der Waals surface area contributed by atoms with E-state index in [1.165, 1.54) is 11.1 Å². The van der Waals surface area contributed by atoms with Gasteiger partial charge in [0, 0.05) is 39.5 Å². The fraction of sp³-hybridized carbons (Fsp3) is 0.381. The van der Waals surface area contributed by atoms with Gasteiger partial charge < -0.3 is 20.7 Å². The molecule has 27 heavy (non-hydrogen) atoms. The van der Waals surface area contributed by atoms with E-state index in [4.69, 9.17) is 4.74 Å². The predicted octanol–water partition coefficient (Wildman–Crippen LogP) is 3.83. The zero-order valence-corrected chi connectivity index (χ0v) is 18.7. The van der Waals surface area contributed by atoms with Crippen LogP contribution in [-0.2, 0) is 11.3 Å². The first-order valence-corrected chi connectivity index (χ1v) is 9.04. The number of nitrogens with one attached hydrogen (secondary N) is 3. The lowest BCUT2D eigenvalue weighted by atomic mass is 10.0. The molecule has 1 atom stereocenters. The maximum absolute atomic E-state index is 5.04. The Morgan fingerprint density at radius 2 is 1.74 bits per heavy atom. The number of guanidine groups is 1. The van der Waals surface area contributed by atoms with Gasteiger partial charge in [-0.2, -0.15) is 0 Å². The molecule has 3 N–H and O–H groups in total. The van der Waals surface area contributed by atoms with E-state index >= 15 is 0 Å². The Hall–Kier alpha value is -1.80. The van der Waals surface area contributed by atoms with E-state index < -0.39 is 0 Å². The molecule has 0 aliphatic rings. The van der Waals surface area contributed by atoms with E-state index in [2.05, 4.69) is 76.4 Å². The van der Waals surface area contributed by atoms with Gasteiger partial charge in [0.05, 0.1) is 6.61 Å². The van der Waals surface area contributed by atoms with Crippen molar-refractivity contribution in [2.75, 3.05) is 39.2 Å². The van der Waals surface area contributed by atoms with Crippen molar-refractivity contribution in [1.82, 2.24) is 10.6 Å². The van der Waals surface area contributed by atoms with E-state index in [9.17, 15) is 0 Å². The second-order valence-corrected chi connectivity index (χ2v) is 6.23. The van der Waals surface area contributed by atoms with Gasteiger partial charge in [-0.05, 0) is 29.2 Å². The number of rotatable bonds is 9.